The molecule has 4 atom stereocenters. The third-order valence-corrected chi connectivity index (χ3v) is 7.61. The van der Waals surface area contributed by atoms with E-state index >= 15 is 0 Å². The van der Waals surface area contributed by atoms with Crippen LogP contribution in [0.4, 0.5) is 0 Å². The van der Waals surface area contributed by atoms with Crippen molar-refractivity contribution in [3.63, 3.8) is 0 Å². The second-order valence-corrected chi connectivity index (χ2v) is 9.40. The molecule has 2 bridgehead atoms. The molecule has 8 heteroatoms. The highest BCUT2D eigenvalue weighted by atomic mass is 127. The van der Waals surface area contributed by atoms with Crippen LogP contribution in [0, 0.1) is 29.1 Å². The van der Waals surface area contributed by atoms with Gasteiger partial charge in [-0.25, -0.2) is 0 Å². The first-order valence-corrected chi connectivity index (χ1v) is 11.6. The lowest BCUT2D eigenvalue weighted by Crippen LogP contribution is -2.44. The summed E-state index contributed by atoms with van der Waals surface area (Å²) in [6, 6.07) is 0. The standard InChI is InChI=1S/C23H36N4O3.HI/c1-3-24-22(26-15-23(10-13-30-2)8-4-5-9-23)25-11-12-27-20(28)18-16-6-7-17(14-16)19(18)21(27)29;/h6-7,16-19H,3-5,8-15H2,1-2H3,(H2,24,25,26);1H. The normalized spacial score (nSPS) is 30.6. The molecule has 4 unspecified atom stereocenters. The Morgan fingerprint density at radius 2 is 1.81 bits per heavy atom. The summed E-state index contributed by atoms with van der Waals surface area (Å²) >= 11 is 0. The van der Waals surface area contributed by atoms with Crippen molar-refractivity contribution in [3.05, 3.63) is 12.2 Å². The van der Waals surface area contributed by atoms with Gasteiger partial charge in [0.05, 0.1) is 11.8 Å². The van der Waals surface area contributed by atoms with E-state index in [4.69, 9.17) is 9.73 Å². The molecule has 1 heterocycles. The smallest absolute Gasteiger partial charge is 0.233 e. The van der Waals surface area contributed by atoms with E-state index in [0.717, 1.165) is 38.5 Å². The Balaban J connectivity index is 0.00000272. The molecule has 1 saturated heterocycles. The van der Waals surface area contributed by atoms with Gasteiger partial charge in [0.1, 0.15) is 0 Å². The van der Waals surface area contributed by atoms with E-state index in [-0.39, 0.29) is 64.9 Å². The van der Waals surface area contributed by atoms with Crippen LogP contribution < -0.4 is 10.6 Å². The summed E-state index contributed by atoms with van der Waals surface area (Å²) in [6.45, 7) is 5.31. The van der Waals surface area contributed by atoms with Crippen LogP contribution in [0.25, 0.3) is 0 Å². The number of carbonyl (C=O) groups excluding carboxylic acids is 2. The van der Waals surface area contributed by atoms with Crippen LogP contribution in [0.5, 0.6) is 0 Å². The minimum absolute atomic E-state index is 0. The number of hydrogen-bond acceptors (Lipinski definition) is 4. The first-order chi connectivity index (χ1) is 14.6. The van der Waals surface area contributed by atoms with E-state index in [1.807, 2.05) is 6.92 Å². The fraction of sp³-hybridized carbons (Fsp3) is 0.783. The molecule has 2 saturated carbocycles. The van der Waals surface area contributed by atoms with E-state index in [9.17, 15) is 9.59 Å². The van der Waals surface area contributed by atoms with E-state index in [0.29, 0.717) is 13.1 Å². The second kappa shape index (κ2) is 10.6. The number of methoxy groups -OCH3 is 1. The van der Waals surface area contributed by atoms with E-state index in [2.05, 4.69) is 22.8 Å². The van der Waals surface area contributed by atoms with Crippen LogP contribution in [0.15, 0.2) is 17.1 Å². The van der Waals surface area contributed by atoms with Crippen molar-refractivity contribution in [2.45, 2.75) is 45.4 Å². The number of allylic oxidation sites excluding steroid dienone is 2. The number of fused-ring (bicyclic) bond motifs is 5. The highest BCUT2D eigenvalue weighted by Gasteiger charge is 2.58. The SMILES string of the molecule is CCNC(=NCC1(CCOC)CCCC1)NCCN1C(=O)C2C3C=CC(C3)C2C1=O.I. The summed E-state index contributed by atoms with van der Waals surface area (Å²) in [4.78, 5) is 32.0. The lowest BCUT2D eigenvalue weighted by Gasteiger charge is -2.27. The van der Waals surface area contributed by atoms with Gasteiger partial charge < -0.3 is 15.4 Å². The Bertz CT molecular complexity index is 690. The molecule has 0 aromatic heterocycles. The van der Waals surface area contributed by atoms with E-state index < -0.39 is 0 Å². The van der Waals surface area contributed by atoms with Crippen molar-refractivity contribution in [2.24, 2.45) is 34.1 Å². The zero-order valence-electron chi connectivity index (χ0n) is 18.8. The minimum atomic E-state index is -0.114. The van der Waals surface area contributed by atoms with Crippen LogP contribution in [0.2, 0.25) is 0 Å². The van der Waals surface area contributed by atoms with Gasteiger partial charge in [-0.2, -0.15) is 0 Å². The van der Waals surface area contributed by atoms with Crippen LogP contribution in [0.1, 0.15) is 45.4 Å². The first-order valence-electron chi connectivity index (χ1n) is 11.6. The summed E-state index contributed by atoms with van der Waals surface area (Å²) in [5.41, 5.74) is 0.239. The summed E-state index contributed by atoms with van der Waals surface area (Å²) in [7, 11) is 1.76. The van der Waals surface area contributed by atoms with E-state index in [1.54, 1.807) is 7.11 Å². The molecule has 3 fully saturated rings. The molecule has 2 amide bonds. The van der Waals surface area contributed by atoms with Gasteiger partial charge in [-0.05, 0) is 49.9 Å². The topological polar surface area (TPSA) is 83.0 Å². The van der Waals surface area contributed by atoms with Crippen molar-refractivity contribution in [3.8, 4) is 0 Å². The molecule has 174 valence electrons. The number of hydrogen-bond donors (Lipinski definition) is 2. The zero-order chi connectivity index (χ0) is 21.1. The molecule has 3 aliphatic carbocycles. The lowest BCUT2D eigenvalue weighted by atomic mass is 9.83. The maximum absolute atomic E-state index is 12.8. The van der Waals surface area contributed by atoms with Crippen LogP contribution in [-0.4, -0.2) is 62.6 Å². The Hall–Kier alpha value is -1.16. The van der Waals surface area contributed by atoms with Gasteiger partial charge in [-0.15, -0.1) is 24.0 Å². The summed E-state index contributed by atoms with van der Waals surface area (Å²) in [6.07, 6.45) is 11.2. The number of likely N-dealkylation sites (tertiary alicyclic amines) is 1. The predicted molar refractivity (Wildman–Crippen MR) is 131 cm³/mol. The van der Waals surface area contributed by atoms with Gasteiger partial charge in [0.2, 0.25) is 11.8 Å². The molecule has 0 radical (unpaired) electrons. The summed E-state index contributed by atoms with van der Waals surface area (Å²) in [5.74, 6) is 1.12. The van der Waals surface area contributed by atoms with Crippen LogP contribution >= 0.6 is 24.0 Å². The molecule has 0 aromatic carbocycles. The quantitative estimate of drug-likeness (QED) is 0.153. The number of ether oxygens (including phenoxy) is 1. The minimum Gasteiger partial charge on any atom is -0.385 e. The maximum Gasteiger partial charge on any atom is 0.233 e. The molecule has 1 aliphatic heterocycles. The highest BCUT2D eigenvalue weighted by Crippen LogP contribution is 2.52. The summed E-state index contributed by atoms with van der Waals surface area (Å²) < 4.78 is 5.32. The van der Waals surface area contributed by atoms with Crippen LogP contribution in [0.3, 0.4) is 0 Å². The molecule has 31 heavy (non-hydrogen) atoms. The average Bonchev–Trinajstić information content (AvgIpc) is 3.52. The number of aliphatic imine (C=N–C) groups is 1. The van der Waals surface area contributed by atoms with Crippen molar-refractivity contribution in [1.29, 1.82) is 0 Å². The number of nitrogens with zero attached hydrogens (tertiary/aromatic N) is 2. The molecular formula is C23H37IN4O3. The van der Waals surface area contributed by atoms with Gasteiger partial charge in [0.25, 0.3) is 0 Å². The van der Waals surface area contributed by atoms with Crippen molar-refractivity contribution in [1.82, 2.24) is 15.5 Å². The van der Waals surface area contributed by atoms with Gasteiger partial charge in [-0.3, -0.25) is 19.5 Å². The predicted octanol–water partition coefficient (Wildman–Crippen LogP) is 2.56. The maximum atomic E-state index is 12.8. The van der Waals surface area contributed by atoms with Crippen molar-refractivity contribution < 1.29 is 14.3 Å². The third kappa shape index (κ3) is 4.94. The fourth-order valence-corrected chi connectivity index (χ4v) is 5.99. The molecule has 2 N–H and O–H groups in total. The Labute approximate surface area is 202 Å². The number of amides is 2. The number of halogens is 1. The van der Waals surface area contributed by atoms with Crippen molar-refractivity contribution in [2.75, 3.05) is 39.9 Å². The number of rotatable bonds is 9. The van der Waals surface area contributed by atoms with Gasteiger partial charge >= 0.3 is 0 Å². The average molecular weight is 544 g/mol. The Morgan fingerprint density at radius 1 is 1.16 bits per heavy atom. The van der Waals surface area contributed by atoms with E-state index in [1.165, 1.54) is 30.6 Å². The first kappa shape index (κ1) is 24.5. The van der Waals surface area contributed by atoms with Gasteiger partial charge in [0, 0.05) is 39.9 Å². The number of nitrogens with one attached hydrogen (secondary N) is 2. The van der Waals surface area contributed by atoms with Crippen molar-refractivity contribution >= 4 is 41.8 Å². The summed E-state index contributed by atoms with van der Waals surface area (Å²) in [5, 5.41) is 6.64. The third-order valence-electron chi connectivity index (χ3n) is 7.61. The second-order valence-electron chi connectivity index (χ2n) is 9.40. The molecule has 4 aliphatic rings. The lowest BCUT2D eigenvalue weighted by molar-refractivity contribution is -0.140. The monoisotopic (exact) mass is 544 g/mol. The molecule has 0 spiro atoms. The largest absolute Gasteiger partial charge is 0.385 e. The van der Waals surface area contributed by atoms with Gasteiger partial charge in [-0.1, -0.05) is 25.0 Å². The number of carbonyl (C=O) groups is 2. The molecule has 0 aromatic rings. The van der Waals surface area contributed by atoms with Gasteiger partial charge in [0.15, 0.2) is 5.96 Å². The Morgan fingerprint density at radius 3 is 2.39 bits per heavy atom. The Kier molecular flexibility index (Phi) is 8.40. The number of guanidine groups is 1. The number of imide groups is 1. The zero-order valence-corrected chi connectivity index (χ0v) is 21.1. The molecular weight excluding hydrogens is 507 g/mol. The molecule has 7 nitrogen and oxygen atoms in total. The van der Waals surface area contributed by atoms with Crippen LogP contribution in [-0.2, 0) is 14.3 Å². The highest BCUT2D eigenvalue weighted by molar-refractivity contribution is 14.0. The fourth-order valence-electron chi connectivity index (χ4n) is 5.99. The molecule has 4 rings (SSSR count).